The third-order valence-corrected chi connectivity index (χ3v) is 3.15. The highest BCUT2D eigenvalue weighted by Crippen LogP contribution is 2.26. The average Bonchev–Trinajstić information content (AvgIpc) is 2.64. The Labute approximate surface area is 97.5 Å². The molecule has 3 heteroatoms. The lowest BCUT2D eigenvalue weighted by molar-refractivity contribution is -0.143. The van der Waals surface area contributed by atoms with Crippen LogP contribution in [0.5, 0.6) is 0 Å². The van der Waals surface area contributed by atoms with Gasteiger partial charge in [-0.2, -0.15) is 0 Å². The number of ketones is 1. The van der Waals surface area contributed by atoms with Crippen molar-refractivity contribution in [3.63, 3.8) is 0 Å². The third kappa shape index (κ3) is 5.29. The maximum atomic E-state index is 11.0. The largest absolute Gasteiger partial charge is 0.466 e. The fourth-order valence-electron chi connectivity index (χ4n) is 2.25. The van der Waals surface area contributed by atoms with Crippen molar-refractivity contribution in [1.82, 2.24) is 0 Å². The van der Waals surface area contributed by atoms with E-state index in [1.54, 1.807) is 0 Å². The Kier molecular flexibility index (Phi) is 6.12. The Hall–Kier alpha value is -0.860. The molecule has 0 heterocycles. The van der Waals surface area contributed by atoms with Crippen molar-refractivity contribution in [2.75, 3.05) is 6.61 Å². The van der Waals surface area contributed by atoms with E-state index in [9.17, 15) is 9.59 Å². The van der Waals surface area contributed by atoms with Crippen LogP contribution in [0.1, 0.15) is 58.3 Å². The van der Waals surface area contributed by atoms with E-state index in [4.69, 9.17) is 4.74 Å². The van der Waals surface area contributed by atoms with E-state index in [-0.39, 0.29) is 5.97 Å². The van der Waals surface area contributed by atoms with Gasteiger partial charge in [0, 0.05) is 19.3 Å². The molecule has 1 aliphatic rings. The summed E-state index contributed by atoms with van der Waals surface area (Å²) >= 11 is 0. The molecule has 92 valence electrons. The molecular weight excluding hydrogens is 204 g/mol. The molecule has 3 nitrogen and oxygen atoms in total. The molecule has 0 aliphatic heterocycles. The predicted molar refractivity (Wildman–Crippen MR) is 62.1 cm³/mol. The van der Waals surface area contributed by atoms with Gasteiger partial charge in [-0.25, -0.2) is 0 Å². The number of carbonyl (C=O) groups excluding carboxylic acids is 2. The topological polar surface area (TPSA) is 43.4 Å². The number of hydrogen-bond donors (Lipinski definition) is 0. The van der Waals surface area contributed by atoms with Gasteiger partial charge in [-0.15, -0.1) is 0 Å². The van der Waals surface area contributed by atoms with Crippen molar-refractivity contribution in [2.45, 2.75) is 58.3 Å². The fraction of sp³-hybridized carbons (Fsp3) is 0.846. The molecule has 0 aromatic heterocycles. The minimum absolute atomic E-state index is 0.0847. The van der Waals surface area contributed by atoms with Crippen LogP contribution in [-0.4, -0.2) is 18.4 Å². The maximum Gasteiger partial charge on any atom is 0.305 e. The smallest absolute Gasteiger partial charge is 0.305 e. The highest BCUT2D eigenvalue weighted by atomic mass is 16.5. The van der Waals surface area contributed by atoms with Crippen molar-refractivity contribution >= 4 is 11.8 Å². The van der Waals surface area contributed by atoms with Gasteiger partial charge in [-0.05, 0) is 25.7 Å². The SMILES string of the molecule is CCOC(=O)CCCCCC1CCC(=O)C1. The number of unbranched alkanes of at least 4 members (excludes halogenated alkanes) is 2. The van der Waals surface area contributed by atoms with E-state index in [1.807, 2.05) is 6.92 Å². The molecule has 1 fully saturated rings. The Balaban J connectivity index is 1.92. The Morgan fingerprint density at radius 2 is 2.19 bits per heavy atom. The van der Waals surface area contributed by atoms with Gasteiger partial charge >= 0.3 is 5.97 Å². The van der Waals surface area contributed by atoms with E-state index >= 15 is 0 Å². The summed E-state index contributed by atoms with van der Waals surface area (Å²) in [5.74, 6) is 0.963. The second kappa shape index (κ2) is 7.42. The number of Topliss-reactive ketones (excluding diaryl/α,β-unsaturated/α-hetero) is 1. The minimum Gasteiger partial charge on any atom is -0.466 e. The quantitative estimate of drug-likeness (QED) is 0.495. The molecule has 0 amide bonds. The highest BCUT2D eigenvalue weighted by molar-refractivity contribution is 5.80. The summed E-state index contributed by atoms with van der Waals surface area (Å²) in [4.78, 5) is 22.1. The monoisotopic (exact) mass is 226 g/mol. The van der Waals surface area contributed by atoms with Crippen LogP contribution in [-0.2, 0) is 14.3 Å². The first-order chi connectivity index (χ1) is 7.72. The first-order valence-electron chi connectivity index (χ1n) is 6.39. The molecule has 1 saturated carbocycles. The minimum atomic E-state index is -0.0847. The molecule has 0 radical (unpaired) electrons. The summed E-state index contributed by atoms with van der Waals surface area (Å²) in [5.41, 5.74) is 0. The van der Waals surface area contributed by atoms with Crippen LogP contribution in [0.3, 0.4) is 0 Å². The number of esters is 1. The van der Waals surface area contributed by atoms with Gasteiger partial charge in [0.1, 0.15) is 5.78 Å². The van der Waals surface area contributed by atoms with Crippen LogP contribution in [0.4, 0.5) is 0 Å². The average molecular weight is 226 g/mol. The van der Waals surface area contributed by atoms with Crippen LogP contribution >= 0.6 is 0 Å². The van der Waals surface area contributed by atoms with Crippen LogP contribution in [0, 0.1) is 5.92 Å². The first kappa shape index (κ1) is 13.2. The van der Waals surface area contributed by atoms with Crippen molar-refractivity contribution in [3.05, 3.63) is 0 Å². The summed E-state index contributed by atoms with van der Waals surface area (Å²) in [7, 11) is 0. The Morgan fingerprint density at radius 1 is 1.38 bits per heavy atom. The van der Waals surface area contributed by atoms with Crippen molar-refractivity contribution in [2.24, 2.45) is 5.92 Å². The number of ether oxygens (including phenoxy) is 1. The zero-order valence-corrected chi connectivity index (χ0v) is 10.2. The van der Waals surface area contributed by atoms with Crippen LogP contribution in [0.25, 0.3) is 0 Å². The van der Waals surface area contributed by atoms with Crippen molar-refractivity contribution < 1.29 is 14.3 Å². The van der Waals surface area contributed by atoms with E-state index < -0.39 is 0 Å². The van der Waals surface area contributed by atoms with Gasteiger partial charge in [0.2, 0.25) is 0 Å². The van der Waals surface area contributed by atoms with Crippen LogP contribution < -0.4 is 0 Å². The molecule has 1 aliphatic carbocycles. The summed E-state index contributed by atoms with van der Waals surface area (Å²) in [5, 5.41) is 0. The lowest BCUT2D eigenvalue weighted by atomic mass is 9.99. The predicted octanol–water partition coefficient (Wildman–Crippen LogP) is 2.87. The van der Waals surface area contributed by atoms with E-state index in [0.29, 0.717) is 24.7 Å². The molecule has 0 saturated heterocycles. The first-order valence-corrected chi connectivity index (χ1v) is 6.39. The molecule has 0 aromatic carbocycles. The summed E-state index contributed by atoms with van der Waals surface area (Å²) in [6, 6.07) is 0. The third-order valence-electron chi connectivity index (χ3n) is 3.15. The van der Waals surface area contributed by atoms with Crippen LogP contribution in [0.2, 0.25) is 0 Å². The van der Waals surface area contributed by atoms with Crippen molar-refractivity contribution in [1.29, 1.82) is 0 Å². The Morgan fingerprint density at radius 3 is 2.81 bits per heavy atom. The Bertz CT molecular complexity index is 235. The van der Waals surface area contributed by atoms with Gasteiger partial charge in [-0.1, -0.05) is 19.3 Å². The molecule has 1 unspecified atom stereocenters. The highest BCUT2D eigenvalue weighted by Gasteiger charge is 2.21. The van der Waals surface area contributed by atoms with Crippen LogP contribution in [0.15, 0.2) is 0 Å². The number of carbonyl (C=O) groups is 2. The molecule has 0 spiro atoms. The zero-order chi connectivity index (χ0) is 11.8. The number of hydrogen-bond acceptors (Lipinski definition) is 3. The van der Waals surface area contributed by atoms with E-state index in [0.717, 1.165) is 44.9 Å². The van der Waals surface area contributed by atoms with Gasteiger partial charge in [0.25, 0.3) is 0 Å². The molecule has 1 atom stereocenters. The summed E-state index contributed by atoms with van der Waals surface area (Å²) in [6.45, 7) is 2.30. The zero-order valence-electron chi connectivity index (χ0n) is 10.2. The molecule has 0 aromatic rings. The van der Waals surface area contributed by atoms with E-state index in [1.165, 1.54) is 0 Å². The molecule has 16 heavy (non-hydrogen) atoms. The van der Waals surface area contributed by atoms with E-state index in [2.05, 4.69) is 0 Å². The van der Waals surface area contributed by atoms with Gasteiger partial charge in [0.15, 0.2) is 0 Å². The molecule has 0 N–H and O–H groups in total. The lowest BCUT2D eigenvalue weighted by Crippen LogP contribution is -2.03. The maximum absolute atomic E-state index is 11.0. The molecule has 0 bridgehead atoms. The van der Waals surface area contributed by atoms with Gasteiger partial charge in [-0.3, -0.25) is 9.59 Å². The van der Waals surface area contributed by atoms with Crippen molar-refractivity contribution in [3.8, 4) is 0 Å². The van der Waals surface area contributed by atoms with Gasteiger partial charge in [0.05, 0.1) is 6.61 Å². The molecule has 1 rings (SSSR count). The summed E-state index contributed by atoms with van der Waals surface area (Å²) < 4.78 is 4.85. The van der Waals surface area contributed by atoms with Gasteiger partial charge < -0.3 is 4.74 Å². The second-order valence-corrected chi connectivity index (χ2v) is 4.55. The number of rotatable bonds is 7. The molecular formula is C13H22O3. The second-order valence-electron chi connectivity index (χ2n) is 4.55. The normalized spacial score (nSPS) is 20.1. The standard InChI is InChI=1S/C13H22O3/c1-2-16-13(15)7-5-3-4-6-11-8-9-12(14)10-11/h11H,2-10H2,1H3. The lowest BCUT2D eigenvalue weighted by Gasteiger charge is -2.07. The fourth-order valence-corrected chi connectivity index (χ4v) is 2.25. The summed E-state index contributed by atoms with van der Waals surface area (Å²) in [6.07, 6.45) is 7.47.